The number of ketones is 1. The molecule has 1 saturated heterocycles. The predicted molar refractivity (Wildman–Crippen MR) is 124 cm³/mol. The molecule has 0 aromatic carbocycles. The molecule has 7 nitrogen and oxygen atoms in total. The van der Waals surface area contributed by atoms with E-state index in [1.165, 1.54) is 0 Å². The Labute approximate surface area is 198 Å². The van der Waals surface area contributed by atoms with Gasteiger partial charge in [0.15, 0.2) is 0 Å². The van der Waals surface area contributed by atoms with Gasteiger partial charge >= 0.3 is 6.09 Å². The van der Waals surface area contributed by atoms with Crippen molar-refractivity contribution < 1.29 is 19.1 Å². The molecule has 1 fully saturated rings. The fourth-order valence-electron chi connectivity index (χ4n) is 4.51. The summed E-state index contributed by atoms with van der Waals surface area (Å²) in [5, 5.41) is 9.77. The molecule has 1 amide bonds. The standard InChI is InChI=1S/C25H29N3O4S/c1-17(19-3-2-6-27-15-19)11-20(29)13-24-22(14-26)21-5-4-18(12-23(21)33-24)16-32-25(30)28-7-9-31-10-8-28/h2-3,6,15,17-18H,4-5,7-13,16H2,1H3. The van der Waals surface area contributed by atoms with Crippen LogP contribution in [0.3, 0.4) is 0 Å². The molecular formula is C25H29N3O4S. The molecule has 2 atom stereocenters. The maximum Gasteiger partial charge on any atom is 0.409 e. The number of thiophene rings is 1. The van der Waals surface area contributed by atoms with Crippen LogP contribution in [0, 0.1) is 17.2 Å². The summed E-state index contributed by atoms with van der Waals surface area (Å²) in [4.78, 5) is 32.9. The van der Waals surface area contributed by atoms with Crippen molar-refractivity contribution in [1.82, 2.24) is 9.88 Å². The fraction of sp³-hybridized carbons (Fsp3) is 0.520. The van der Waals surface area contributed by atoms with E-state index in [2.05, 4.69) is 11.1 Å². The second-order valence-corrected chi connectivity index (χ2v) is 10.00. The zero-order chi connectivity index (χ0) is 23.2. The van der Waals surface area contributed by atoms with Gasteiger partial charge in [0.1, 0.15) is 11.9 Å². The first-order valence-corrected chi connectivity index (χ1v) is 12.3. The van der Waals surface area contributed by atoms with Crippen LogP contribution in [0.4, 0.5) is 4.79 Å². The number of rotatable bonds is 7. The van der Waals surface area contributed by atoms with E-state index in [4.69, 9.17) is 9.47 Å². The van der Waals surface area contributed by atoms with Crippen molar-refractivity contribution >= 4 is 23.2 Å². The lowest BCUT2D eigenvalue weighted by Gasteiger charge is -2.28. The van der Waals surface area contributed by atoms with E-state index in [0.717, 1.165) is 40.1 Å². The molecule has 0 spiro atoms. The van der Waals surface area contributed by atoms with Gasteiger partial charge in [0, 0.05) is 48.1 Å². The number of morpholine rings is 1. The number of Topliss-reactive ketones (excluding diaryl/α,β-unsaturated/α-hetero) is 1. The zero-order valence-corrected chi connectivity index (χ0v) is 19.7. The van der Waals surface area contributed by atoms with Crippen LogP contribution < -0.4 is 0 Å². The molecule has 2 aromatic rings. The first-order valence-electron chi connectivity index (χ1n) is 11.5. The molecule has 0 saturated carbocycles. The highest BCUT2D eigenvalue weighted by Crippen LogP contribution is 2.37. The van der Waals surface area contributed by atoms with Crippen LogP contribution in [-0.4, -0.2) is 54.7 Å². The second kappa shape index (κ2) is 10.9. The second-order valence-electron chi connectivity index (χ2n) is 8.81. The Kier molecular flexibility index (Phi) is 7.73. The number of ether oxygens (including phenoxy) is 2. The summed E-state index contributed by atoms with van der Waals surface area (Å²) in [7, 11) is 0. The Morgan fingerprint density at radius 2 is 2.21 bits per heavy atom. The highest BCUT2D eigenvalue weighted by atomic mass is 32.1. The summed E-state index contributed by atoms with van der Waals surface area (Å²) >= 11 is 1.58. The number of aromatic nitrogens is 1. The Balaban J connectivity index is 1.34. The van der Waals surface area contributed by atoms with Gasteiger partial charge in [-0.15, -0.1) is 11.3 Å². The van der Waals surface area contributed by atoms with Crippen LogP contribution in [0.15, 0.2) is 24.5 Å². The number of pyridine rings is 1. The van der Waals surface area contributed by atoms with Gasteiger partial charge in [0.25, 0.3) is 0 Å². The van der Waals surface area contributed by atoms with Crippen molar-refractivity contribution in [3.05, 3.63) is 51.0 Å². The summed E-state index contributed by atoms with van der Waals surface area (Å²) in [5.41, 5.74) is 2.81. The van der Waals surface area contributed by atoms with Crippen molar-refractivity contribution in [2.75, 3.05) is 32.9 Å². The molecule has 0 bridgehead atoms. The van der Waals surface area contributed by atoms with Gasteiger partial charge in [-0.3, -0.25) is 9.78 Å². The normalized spacial score (nSPS) is 18.8. The van der Waals surface area contributed by atoms with Crippen LogP contribution in [0.1, 0.15) is 52.1 Å². The third-order valence-corrected chi connectivity index (χ3v) is 7.66. The lowest BCUT2D eigenvalue weighted by molar-refractivity contribution is -0.118. The molecule has 2 aliphatic rings. The van der Waals surface area contributed by atoms with Crippen molar-refractivity contribution in [1.29, 1.82) is 5.26 Å². The minimum absolute atomic E-state index is 0.0943. The minimum atomic E-state index is -0.276. The number of hydrogen-bond acceptors (Lipinski definition) is 7. The lowest BCUT2D eigenvalue weighted by atomic mass is 9.87. The third kappa shape index (κ3) is 5.79. The molecule has 8 heteroatoms. The summed E-state index contributed by atoms with van der Waals surface area (Å²) in [5.74, 6) is 0.469. The summed E-state index contributed by atoms with van der Waals surface area (Å²) < 4.78 is 10.8. The van der Waals surface area contributed by atoms with Gasteiger partial charge < -0.3 is 14.4 Å². The Morgan fingerprint density at radius 1 is 1.39 bits per heavy atom. The van der Waals surface area contributed by atoms with Crippen LogP contribution in [-0.2, 0) is 33.5 Å². The first kappa shape index (κ1) is 23.4. The van der Waals surface area contributed by atoms with Gasteiger partial charge in [-0.05, 0) is 48.3 Å². The summed E-state index contributed by atoms with van der Waals surface area (Å²) in [6, 6.07) is 6.22. The van der Waals surface area contributed by atoms with Crippen LogP contribution in [0.5, 0.6) is 0 Å². The fourth-order valence-corrected chi connectivity index (χ4v) is 5.96. The maximum absolute atomic E-state index is 12.8. The zero-order valence-electron chi connectivity index (χ0n) is 18.9. The smallest absolute Gasteiger partial charge is 0.409 e. The van der Waals surface area contributed by atoms with E-state index in [9.17, 15) is 14.9 Å². The molecule has 2 aromatic heterocycles. The Bertz CT molecular complexity index is 1020. The van der Waals surface area contributed by atoms with Crippen molar-refractivity contribution in [2.45, 2.75) is 44.9 Å². The molecule has 0 radical (unpaired) electrons. The minimum Gasteiger partial charge on any atom is -0.449 e. The number of amides is 1. The monoisotopic (exact) mass is 467 g/mol. The summed E-state index contributed by atoms with van der Waals surface area (Å²) in [6.07, 6.45) is 6.42. The number of nitrogens with zero attached hydrogens (tertiary/aromatic N) is 3. The molecule has 0 N–H and O–H groups in total. The number of hydrogen-bond donors (Lipinski definition) is 0. The molecule has 1 aliphatic heterocycles. The third-order valence-electron chi connectivity index (χ3n) is 6.41. The lowest BCUT2D eigenvalue weighted by Crippen LogP contribution is -2.41. The Morgan fingerprint density at radius 3 is 2.94 bits per heavy atom. The Hall–Kier alpha value is -2.76. The van der Waals surface area contributed by atoms with E-state index in [1.807, 2.05) is 19.1 Å². The average molecular weight is 468 g/mol. The summed E-state index contributed by atoms with van der Waals surface area (Å²) in [6.45, 7) is 4.66. The molecule has 3 heterocycles. The van der Waals surface area contributed by atoms with Gasteiger partial charge in [0.05, 0.1) is 25.4 Å². The van der Waals surface area contributed by atoms with Gasteiger partial charge in [-0.25, -0.2) is 4.79 Å². The van der Waals surface area contributed by atoms with Gasteiger partial charge in [-0.1, -0.05) is 13.0 Å². The maximum atomic E-state index is 12.8. The average Bonchev–Trinajstić information content (AvgIpc) is 3.19. The number of fused-ring (bicyclic) bond motifs is 1. The molecular weight excluding hydrogens is 438 g/mol. The highest BCUT2D eigenvalue weighted by molar-refractivity contribution is 7.12. The SMILES string of the molecule is CC(CC(=O)Cc1sc2c(c1C#N)CCC(COC(=O)N1CCOCC1)C2)c1cccnc1. The van der Waals surface area contributed by atoms with Crippen LogP contribution >= 0.6 is 11.3 Å². The number of nitriles is 1. The molecule has 2 unspecified atom stereocenters. The highest BCUT2D eigenvalue weighted by Gasteiger charge is 2.28. The molecule has 4 rings (SSSR count). The molecule has 33 heavy (non-hydrogen) atoms. The van der Waals surface area contributed by atoms with E-state index >= 15 is 0 Å². The van der Waals surface area contributed by atoms with E-state index < -0.39 is 0 Å². The topological polar surface area (TPSA) is 92.5 Å². The largest absolute Gasteiger partial charge is 0.449 e. The van der Waals surface area contributed by atoms with Crippen LogP contribution in [0.25, 0.3) is 0 Å². The van der Waals surface area contributed by atoms with Crippen LogP contribution in [0.2, 0.25) is 0 Å². The van der Waals surface area contributed by atoms with Crippen molar-refractivity contribution in [2.24, 2.45) is 5.92 Å². The van der Waals surface area contributed by atoms with E-state index in [0.29, 0.717) is 51.3 Å². The van der Waals surface area contributed by atoms with Crippen molar-refractivity contribution in [3.63, 3.8) is 0 Å². The molecule has 1 aliphatic carbocycles. The van der Waals surface area contributed by atoms with Gasteiger partial charge in [-0.2, -0.15) is 5.26 Å². The van der Waals surface area contributed by atoms with E-state index in [-0.39, 0.29) is 23.7 Å². The first-order chi connectivity index (χ1) is 16.0. The molecule has 174 valence electrons. The van der Waals surface area contributed by atoms with E-state index in [1.54, 1.807) is 28.6 Å². The van der Waals surface area contributed by atoms with Crippen molar-refractivity contribution in [3.8, 4) is 6.07 Å². The quantitative estimate of drug-likeness (QED) is 0.613. The number of carbonyl (C=O) groups is 2. The number of carbonyl (C=O) groups excluding carboxylic acids is 2. The van der Waals surface area contributed by atoms with Gasteiger partial charge in [0.2, 0.25) is 0 Å². The predicted octanol–water partition coefficient (Wildman–Crippen LogP) is 3.89.